The number of benzene rings is 1. The maximum absolute atomic E-state index is 14.0. The van der Waals surface area contributed by atoms with Crippen molar-refractivity contribution in [1.82, 2.24) is 4.98 Å². The van der Waals surface area contributed by atoms with Gasteiger partial charge in [-0.2, -0.15) is 0 Å². The zero-order chi connectivity index (χ0) is 16.4. The van der Waals surface area contributed by atoms with Crippen molar-refractivity contribution in [2.75, 3.05) is 24.7 Å². The van der Waals surface area contributed by atoms with Gasteiger partial charge in [-0.15, -0.1) is 0 Å². The fourth-order valence-corrected chi connectivity index (χ4v) is 2.74. The quantitative estimate of drug-likeness (QED) is 0.848. The van der Waals surface area contributed by atoms with Gasteiger partial charge >= 0.3 is 0 Å². The standard InChI is InChI=1S/C16H17F2N3O2/c17-11-7-10(19)8-12(18)15(11)23-13-1-4-21-16(20)14(13)9-2-5-22-6-3-9/h1,4,7-9H,2-3,5-6,19H2,(H2,20,21). The van der Waals surface area contributed by atoms with E-state index in [-0.39, 0.29) is 11.6 Å². The van der Waals surface area contributed by atoms with Gasteiger partial charge in [0.25, 0.3) is 0 Å². The molecule has 0 radical (unpaired) electrons. The third-order valence-electron chi connectivity index (χ3n) is 3.84. The molecule has 1 fully saturated rings. The van der Waals surface area contributed by atoms with Gasteiger partial charge in [-0.3, -0.25) is 0 Å². The first-order valence-electron chi connectivity index (χ1n) is 7.30. The average Bonchev–Trinajstić information content (AvgIpc) is 2.52. The van der Waals surface area contributed by atoms with Crippen LogP contribution in [0.4, 0.5) is 20.3 Å². The zero-order valence-electron chi connectivity index (χ0n) is 12.4. The summed E-state index contributed by atoms with van der Waals surface area (Å²) in [7, 11) is 0. The third kappa shape index (κ3) is 3.19. The molecule has 0 atom stereocenters. The molecular weight excluding hydrogens is 304 g/mol. The van der Waals surface area contributed by atoms with E-state index < -0.39 is 17.4 Å². The maximum atomic E-state index is 14.0. The molecular formula is C16H17F2N3O2. The van der Waals surface area contributed by atoms with Gasteiger partial charge in [0, 0.05) is 42.8 Å². The Hall–Kier alpha value is -2.41. The zero-order valence-corrected chi connectivity index (χ0v) is 12.4. The number of nitrogen functional groups attached to an aromatic ring is 2. The van der Waals surface area contributed by atoms with E-state index in [9.17, 15) is 8.78 Å². The molecule has 1 aromatic carbocycles. The highest BCUT2D eigenvalue weighted by Gasteiger charge is 2.24. The largest absolute Gasteiger partial charge is 0.451 e. The molecule has 5 nitrogen and oxygen atoms in total. The van der Waals surface area contributed by atoms with Crippen LogP contribution in [0, 0.1) is 11.6 Å². The van der Waals surface area contributed by atoms with Crippen molar-refractivity contribution in [1.29, 1.82) is 0 Å². The molecule has 0 aliphatic carbocycles. The van der Waals surface area contributed by atoms with E-state index in [4.69, 9.17) is 20.9 Å². The van der Waals surface area contributed by atoms with E-state index in [0.717, 1.165) is 25.0 Å². The van der Waals surface area contributed by atoms with Crippen LogP contribution in [0.3, 0.4) is 0 Å². The number of hydrogen-bond acceptors (Lipinski definition) is 5. The molecule has 3 rings (SSSR count). The lowest BCUT2D eigenvalue weighted by Crippen LogP contribution is -2.16. The summed E-state index contributed by atoms with van der Waals surface area (Å²) in [5.41, 5.74) is 12.0. The van der Waals surface area contributed by atoms with Gasteiger partial charge in [0.1, 0.15) is 11.6 Å². The van der Waals surface area contributed by atoms with Crippen molar-refractivity contribution in [3.8, 4) is 11.5 Å². The molecule has 1 saturated heterocycles. The Morgan fingerprint density at radius 3 is 2.43 bits per heavy atom. The highest BCUT2D eigenvalue weighted by atomic mass is 19.1. The Morgan fingerprint density at radius 2 is 1.78 bits per heavy atom. The Balaban J connectivity index is 1.99. The van der Waals surface area contributed by atoms with Crippen molar-refractivity contribution in [2.45, 2.75) is 18.8 Å². The topological polar surface area (TPSA) is 83.4 Å². The second-order valence-electron chi connectivity index (χ2n) is 5.41. The minimum absolute atomic E-state index is 0.00811. The summed E-state index contributed by atoms with van der Waals surface area (Å²) in [6.45, 7) is 1.20. The monoisotopic (exact) mass is 321 g/mol. The third-order valence-corrected chi connectivity index (χ3v) is 3.84. The number of aromatic nitrogens is 1. The molecule has 0 amide bonds. The van der Waals surface area contributed by atoms with Crippen LogP contribution in [0.5, 0.6) is 11.5 Å². The van der Waals surface area contributed by atoms with E-state index >= 15 is 0 Å². The highest BCUT2D eigenvalue weighted by molar-refractivity contribution is 5.53. The minimum Gasteiger partial charge on any atom is -0.451 e. The van der Waals surface area contributed by atoms with Crippen LogP contribution in [0.1, 0.15) is 24.3 Å². The lowest BCUT2D eigenvalue weighted by atomic mass is 9.91. The van der Waals surface area contributed by atoms with Gasteiger partial charge in [-0.1, -0.05) is 0 Å². The number of ether oxygens (including phenoxy) is 2. The first kappa shape index (κ1) is 15.5. The van der Waals surface area contributed by atoms with E-state index in [2.05, 4.69) is 4.98 Å². The SMILES string of the molecule is Nc1cc(F)c(Oc2ccnc(N)c2C2CCOCC2)c(F)c1. The highest BCUT2D eigenvalue weighted by Crippen LogP contribution is 2.39. The van der Waals surface area contributed by atoms with Crippen LogP contribution >= 0.6 is 0 Å². The molecule has 1 aromatic heterocycles. The Labute approximate surface area is 132 Å². The summed E-state index contributed by atoms with van der Waals surface area (Å²) >= 11 is 0. The molecule has 2 heterocycles. The molecule has 122 valence electrons. The summed E-state index contributed by atoms with van der Waals surface area (Å²) in [4.78, 5) is 4.07. The van der Waals surface area contributed by atoms with Crippen LogP contribution in [0.15, 0.2) is 24.4 Å². The van der Waals surface area contributed by atoms with Crippen molar-refractivity contribution in [3.05, 3.63) is 41.6 Å². The van der Waals surface area contributed by atoms with Gasteiger partial charge in [0.05, 0.1) is 0 Å². The number of rotatable bonds is 3. The summed E-state index contributed by atoms with van der Waals surface area (Å²) in [6, 6.07) is 3.57. The van der Waals surface area contributed by atoms with E-state index in [1.165, 1.54) is 6.20 Å². The Bertz CT molecular complexity index is 695. The molecule has 23 heavy (non-hydrogen) atoms. The first-order chi connectivity index (χ1) is 11.1. The van der Waals surface area contributed by atoms with E-state index in [1.54, 1.807) is 6.07 Å². The summed E-state index contributed by atoms with van der Waals surface area (Å²) < 4.78 is 38.7. The fraction of sp³-hybridized carbons (Fsp3) is 0.312. The van der Waals surface area contributed by atoms with Crippen LogP contribution in [-0.4, -0.2) is 18.2 Å². The molecule has 0 saturated carbocycles. The molecule has 0 unspecified atom stereocenters. The molecule has 7 heteroatoms. The van der Waals surface area contributed by atoms with Crippen molar-refractivity contribution in [2.24, 2.45) is 0 Å². The molecule has 0 bridgehead atoms. The van der Waals surface area contributed by atoms with Crippen LogP contribution in [0.25, 0.3) is 0 Å². The number of nitrogens with zero attached hydrogens (tertiary/aromatic N) is 1. The first-order valence-corrected chi connectivity index (χ1v) is 7.30. The molecule has 1 aliphatic rings. The predicted molar refractivity (Wildman–Crippen MR) is 82.3 cm³/mol. The Kier molecular flexibility index (Phi) is 4.29. The predicted octanol–water partition coefficient (Wildman–Crippen LogP) is 3.21. The number of nitrogens with two attached hydrogens (primary N) is 2. The molecule has 4 N–H and O–H groups in total. The number of anilines is 2. The molecule has 2 aromatic rings. The van der Waals surface area contributed by atoms with Crippen LogP contribution in [-0.2, 0) is 4.74 Å². The van der Waals surface area contributed by atoms with E-state index in [1.807, 2.05) is 0 Å². The lowest BCUT2D eigenvalue weighted by Gasteiger charge is -2.25. The second-order valence-corrected chi connectivity index (χ2v) is 5.41. The average molecular weight is 321 g/mol. The summed E-state index contributed by atoms with van der Waals surface area (Å²) in [5.74, 6) is -1.56. The van der Waals surface area contributed by atoms with Crippen molar-refractivity contribution < 1.29 is 18.3 Å². The molecule has 0 spiro atoms. The van der Waals surface area contributed by atoms with Gasteiger partial charge in [0.15, 0.2) is 17.4 Å². The second kappa shape index (κ2) is 6.37. The molecule has 1 aliphatic heterocycles. The normalized spacial score (nSPS) is 15.6. The number of hydrogen-bond donors (Lipinski definition) is 2. The van der Waals surface area contributed by atoms with Crippen molar-refractivity contribution >= 4 is 11.5 Å². The maximum Gasteiger partial charge on any atom is 0.198 e. The smallest absolute Gasteiger partial charge is 0.198 e. The fourth-order valence-electron chi connectivity index (χ4n) is 2.74. The van der Waals surface area contributed by atoms with Crippen LogP contribution in [0.2, 0.25) is 0 Å². The summed E-state index contributed by atoms with van der Waals surface area (Å²) in [6.07, 6.45) is 2.94. The van der Waals surface area contributed by atoms with Gasteiger partial charge in [-0.25, -0.2) is 13.8 Å². The van der Waals surface area contributed by atoms with Gasteiger partial charge < -0.3 is 20.9 Å². The van der Waals surface area contributed by atoms with Crippen molar-refractivity contribution in [3.63, 3.8) is 0 Å². The number of pyridine rings is 1. The Morgan fingerprint density at radius 1 is 1.13 bits per heavy atom. The van der Waals surface area contributed by atoms with E-state index in [0.29, 0.717) is 30.3 Å². The van der Waals surface area contributed by atoms with Crippen LogP contribution < -0.4 is 16.2 Å². The number of halogens is 2. The van der Waals surface area contributed by atoms with Gasteiger partial charge in [-0.05, 0) is 24.8 Å². The minimum atomic E-state index is -0.865. The summed E-state index contributed by atoms with van der Waals surface area (Å²) in [5, 5.41) is 0. The lowest BCUT2D eigenvalue weighted by molar-refractivity contribution is 0.0850. The van der Waals surface area contributed by atoms with Gasteiger partial charge in [0.2, 0.25) is 0 Å².